The number of rotatable bonds is 11. The topological polar surface area (TPSA) is 145 Å². The molecule has 11 nitrogen and oxygen atoms in total. The van der Waals surface area contributed by atoms with Gasteiger partial charge in [-0.25, -0.2) is 9.97 Å². The van der Waals surface area contributed by atoms with Crippen molar-refractivity contribution in [3.8, 4) is 28.8 Å². The predicted octanol–water partition coefficient (Wildman–Crippen LogP) is 4.24. The van der Waals surface area contributed by atoms with E-state index in [2.05, 4.69) is 26.3 Å². The Morgan fingerprint density at radius 3 is 2.72 bits per heavy atom. The number of hydrogen-bond acceptors (Lipinski definition) is 9. The Balaban J connectivity index is 1.31. The number of anilines is 2. The summed E-state index contributed by atoms with van der Waals surface area (Å²) in [6.45, 7) is 4.28. The van der Waals surface area contributed by atoms with Crippen molar-refractivity contribution in [1.29, 1.82) is 5.26 Å². The molecule has 1 saturated carbocycles. The van der Waals surface area contributed by atoms with E-state index in [0.29, 0.717) is 48.3 Å². The third-order valence-corrected chi connectivity index (χ3v) is 6.94. The van der Waals surface area contributed by atoms with Crippen molar-refractivity contribution >= 4 is 18.0 Å². The van der Waals surface area contributed by atoms with Crippen LogP contribution in [0.1, 0.15) is 50.6 Å². The highest BCUT2D eigenvalue weighted by molar-refractivity contribution is 5.67. The fraction of sp³-hybridized carbons (Fsp3) is 0.464. The largest absolute Gasteiger partial charge is 0.487 e. The Labute approximate surface area is 228 Å². The Kier molecular flexibility index (Phi) is 8.53. The van der Waals surface area contributed by atoms with E-state index in [-0.39, 0.29) is 6.10 Å². The number of nitrogens with two attached hydrogens (primary N) is 1. The zero-order chi connectivity index (χ0) is 27.0. The average molecular weight is 531 g/mol. The SMILES string of the molecule is C[C@@H](CN=CN)Oc1cc(-c2cnc(Nc3cn(C4CCCCC4)nc3OCC3COC3)nc2)ccc1C#N. The first-order valence-electron chi connectivity index (χ1n) is 13.4. The van der Waals surface area contributed by atoms with Crippen LogP contribution < -0.4 is 20.5 Å². The molecule has 2 aliphatic rings. The lowest BCUT2D eigenvalue weighted by Crippen LogP contribution is -2.32. The molecule has 1 atom stereocenters. The molecule has 0 unspecified atom stereocenters. The Bertz CT molecular complexity index is 1310. The Hall–Kier alpha value is -4.17. The molecule has 1 saturated heterocycles. The number of ether oxygens (including phenoxy) is 3. The van der Waals surface area contributed by atoms with E-state index in [0.717, 1.165) is 42.9 Å². The molecule has 3 heterocycles. The molecule has 1 aromatic carbocycles. The predicted molar refractivity (Wildman–Crippen MR) is 147 cm³/mol. The summed E-state index contributed by atoms with van der Waals surface area (Å²) in [6.07, 6.45) is 12.4. The van der Waals surface area contributed by atoms with E-state index in [1.54, 1.807) is 18.5 Å². The van der Waals surface area contributed by atoms with E-state index < -0.39 is 0 Å². The van der Waals surface area contributed by atoms with Crippen molar-refractivity contribution in [2.24, 2.45) is 16.6 Å². The van der Waals surface area contributed by atoms with Gasteiger partial charge in [-0.1, -0.05) is 25.3 Å². The molecular formula is C28H34N8O3. The normalized spacial score (nSPS) is 16.9. The summed E-state index contributed by atoms with van der Waals surface area (Å²) >= 11 is 0. The van der Waals surface area contributed by atoms with Gasteiger partial charge in [0.1, 0.15) is 23.6 Å². The highest BCUT2D eigenvalue weighted by Crippen LogP contribution is 2.33. The van der Waals surface area contributed by atoms with Crippen LogP contribution in [0.5, 0.6) is 11.6 Å². The van der Waals surface area contributed by atoms with Gasteiger partial charge < -0.3 is 25.3 Å². The molecule has 1 aliphatic heterocycles. The van der Waals surface area contributed by atoms with Gasteiger partial charge in [-0.05, 0) is 37.5 Å². The molecule has 5 rings (SSSR count). The minimum absolute atomic E-state index is 0.238. The highest BCUT2D eigenvalue weighted by Gasteiger charge is 2.23. The van der Waals surface area contributed by atoms with Crippen LogP contribution in [-0.2, 0) is 4.74 Å². The summed E-state index contributed by atoms with van der Waals surface area (Å²) in [7, 11) is 0. The summed E-state index contributed by atoms with van der Waals surface area (Å²) in [6, 6.07) is 7.95. The van der Waals surface area contributed by atoms with Crippen LogP contribution >= 0.6 is 0 Å². The van der Waals surface area contributed by atoms with Crippen LogP contribution in [0.3, 0.4) is 0 Å². The summed E-state index contributed by atoms with van der Waals surface area (Å²) in [4.78, 5) is 13.1. The number of benzene rings is 1. The smallest absolute Gasteiger partial charge is 0.256 e. The van der Waals surface area contributed by atoms with Crippen LogP contribution in [0.2, 0.25) is 0 Å². The Morgan fingerprint density at radius 2 is 2.03 bits per heavy atom. The van der Waals surface area contributed by atoms with Crippen LogP contribution in [0.15, 0.2) is 41.8 Å². The number of nitriles is 1. The Morgan fingerprint density at radius 1 is 1.23 bits per heavy atom. The second-order valence-electron chi connectivity index (χ2n) is 10.0. The molecule has 2 fully saturated rings. The van der Waals surface area contributed by atoms with E-state index in [1.165, 1.54) is 25.6 Å². The van der Waals surface area contributed by atoms with Crippen molar-refractivity contribution < 1.29 is 14.2 Å². The number of nitrogens with one attached hydrogen (secondary N) is 1. The average Bonchev–Trinajstić information content (AvgIpc) is 3.34. The van der Waals surface area contributed by atoms with Gasteiger partial charge in [-0.15, -0.1) is 5.10 Å². The molecule has 11 heteroatoms. The van der Waals surface area contributed by atoms with Crippen molar-refractivity contribution in [3.05, 3.63) is 42.4 Å². The summed E-state index contributed by atoms with van der Waals surface area (Å²) in [5.74, 6) is 1.87. The summed E-state index contributed by atoms with van der Waals surface area (Å²) in [5.41, 5.74) is 8.15. The van der Waals surface area contributed by atoms with Gasteiger partial charge in [0.25, 0.3) is 5.88 Å². The second-order valence-corrected chi connectivity index (χ2v) is 10.0. The highest BCUT2D eigenvalue weighted by atomic mass is 16.5. The van der Waals surface area contributed by atoms with Gasteiger partial charge in [0.15, 0.2) is 0 Å². The van der Waals surface area contributed by atoms with Crippen molar-refractivity contribution in [2.75, 3.05) is 31.7 Å². The maximum Gasteiger partial charge on any atom is 0.256 e. The zero-order valence-corrected chi connectivity index (χ0v) is 22.1. The lowest BCUT2D eigenvalue weighted by Gasteiger charge is -2.25. The maximum absolute atomic E-state index is 9.50. The molecule has 0 bridgehead atoms. The minimum atomic E-state index is -0.238. The van der Waals surface area contributed by atoms with Gasteiger partial charge in [0.2, 0.25) is 5.95 Å². The minimum Gasteiger partial charge on any atom is -0.487 e. The number of aliphatic imine (C=N–C) groups is 1. The lowest BCUT2D eigenvalue weighted by molar-refractivity contribution is -0.0514. The van der Waals surface area contributed by atoms with Gasteiger partial charge >= 0.3 is 0 Å². The molecule has 3 aromatic rings. The first-order chi connectivity index (χ1) is 19.1. The molecule has 39 heavy (non-hydrogen) atoms. The quantitative estimate of drug-likeness (QED) is 0.274. The van der Waals surface area contributed by atoms with E-state index in [1.807, 2.05) is 29.9 Å². The maximum atomic E-state index is 9.50. The van der Waals surface area contributed by atoms with Gasteiger partial charge in [-0.3, -0.25) is 9.67 Å². The first-order valence-corrected chi connectivity index (χ1v) is 13.4. The third-order valence-electron chi connectivity index (χ3n) is 6.94. The van der Waals surface area contributed by atoms with E-state index >= 15 is 0 Å². The molecule has 1 aliphatic carbocycles. The van der Waals surface area contributed by atoms with Crippen LogP contribution in [0.25, 0.3) is 11.1 Å². The third kappa shape index (κ3) is 6.64. The number of aromatic nitrogens is 4. The lowest BCUT2D eigenvalue weighted by atomic mass is 9.96. The molecule has 3 N–H and O–H groups in total. The molecule has 2 aromatic heterocycles. The summed E-state index contributed by atoms with van der Waals surface area (Å²) in [5, 5.41) is 17.6. The van der Waals surface area contributed by atoms with Crippen molar-refractivity contribution in [1.82, 2.24) is 19.7 Å². The second kappa shape index (κ2) is 12.6. The molecule has 204 valence electrons. The molecular weight excluding hydrogens is 496 g/mol. The summed E-state index contributed by atoms with van der Waals surface area (Å²) < 4.78 is 19.3. The molecule has 0 amide bonds. The first kappa shape index (κ1) is 26.4. The fourth-order valence-electron chi connectivity index (χ4n) is 4.69. The van der Waals surface area contributed by atoms with E-state index in [9.17, 15) is 5.26 Å². The number of hydrogen-bond donors (Lipinski definition) is 2. The van der Waals surface area contributed by atoms with Gasteiger partial charge in [-0.2, -0.15) is 5.26 Å². The standard InChI is InChI=1S/C28H34N8O3/c1-19(11-31-18-30)39-26-9-21(7-8-22(26)10-29)23-12-32-28(33-13-23)34-25-14-36(24-5-3-2-4-6-24)35-27(25)38-17-20-15-37-16-20/h7-9,12-14,18-20,24H,2-6,11,15-17H2,1H3,(H2,30,31)(H,32,33,34)/t19-/m0/s1. The monoisotopic (exact) mass is 530 g/mol. The van der Waals surface area contributed by atoms with Crippen LogP contribution in [0.4, 0.5) is 11.6 Å². The van der Waals surface area contributed by atoms with Crippen molar-refractivity contribution in [3.63, 3.8) is 0 Å². The fourth-order valence-corrected chi connectivity index (χ4v) is 4.69. The molecule has 0 radical (unpaired) electrons. The van der Waals surface area contributed by atoms with E-state index in [4.69, 9.17) is 25.0 Å². The van der Waals surface area contributed by atoms with Gasteiger partial charge in [0.05, 0.1) is 50.5 Å². The van der Waals surface area contributed by atoms with Crippen LogP contribution in [0, 0.1) is 17.2 Å². The molecule has 0 spiro atoms. The van der Waals surface area contributed by atoms with Crippen LogP contribution in [-0.4, -0.2) is 58.6 Å². The van der Waals surface area contributed by atoms with Gasteiger partial charge in [0, 0.05) is 23.9 Å². The number of nitrogens with zero attached hydrogens (tertiary/aromatic N) is 6. The van der Waals surface area contributed by atoms with Crippen molar-refractivity contribution in [2.45, 2.75) is 51.2 Å². The zero-order valence-electron chi connectivity index (χ0n) is 22.1.